The quantitative estimate of drug-likeness (QED) is 0.716. The molecule has 0 spiro atoms. The predicted molar refractivity (Wildman–Crippen MR) is 53.3 cm³/mol. The summed E-state index contributed by atoms with van der Waals surface area (Å²) in [5.41, 5.74) is 1.20. The van der Waals surface area contributed by atoms with E-state index in [1.165, 1.54) is 5.56 Å². The van der Waals surface area contributed by atoms with Crippen molar-refractivity contribution in [1.29, 1.82) is 0 Å². The van der Waals surface area contributed by atoms with E-state index in [2.05, 4.69) is 17.2 Å². The van der Waals surface area contributed by atoms with Crippen LogP contribution in [0.3, 0.4) is 0 Å². The molecular weight excluding hydrogens is 162 g/mol. The highest BCUT2D eigenvalue weighted by atomic mass is 16.3. The minimum atomic E-state index is 0.284. The zero-order chi connectivity index (χ0) is 9.68. The van der Waals surface area contributed by atoms with Crippen molar-refractivity contribution in [1.82, 2.24) is 5.32 Å². The number of aryl methyl sites for hydroxylation is 1. The lowest BCUT2D eigenvalue weighted by atomic mass is 10.1. The molecule has 1 aromatic heterocycles. The molecule has 0 amide bonds. The molecule has 0 aliphatic carbocycles. The first kappa shape index (κ1) is 9.88. The van der Waals surface area contributed by atoms with Gasteiger partial charge in [-0.2, -0.15) is 0 Å². The van der Waals surface area contributed by atoms with Crippen LogP contribution in [0.5, 0.6) is 0 Å². The second-order valence-corrected chi connectivity index (χ2v) is 2.90. The van der Waals surface area contributed by atoms with E-state index in [9.17, 15) is 0 Å². The third-order valence-electron chi connectivity index (χ3n) is 2.11. The fourth-order valence-corrected chi connectivity index (χ4v) is 1.33. The molecule has 1 heterocycles. The molecular formula is C11H15NO. The summed E-state index contributed by atoms with van der Waals surface area (Å²) in [6.45, 7) is 3.83. The largest absolute Gasteiger partial charge is 0.469 e. The Morgan fingerprint density at radius 1 is 1.62 bits per heavy atom. The number of nitrogens with one attached hydrogen (secondary N) is 1. The molecule has 70 valence electrons. The van der Waals surface area contributed by atoms with Crippen molar-refractivity contribution in [2.24, 2.45) is 0 Å². The van der Waals surface area contributed by atoms with Crippen LogP contribution in [0.25, 0.3) is 0 Å². The van der Waals surface area contributed by atoms with Crippen LogP contribution in [-0.2, 0) is 0 Å². The molecule has 13 heavy (non-hydrogen) atoms. The maximum atomic E-state index is 5.24. The minimum absolute atomic E-state index is 0.284. The van der Waals surface area contributed by atoms with Crippen LogP contribution in [0, 0.1) is 18.8 Å². The first-order valence-corrected chi connectivity index (χ1v) is 4.40. The summed E-state index contributed by atoms with van der Waals surface area (Å²) in [7, 11) is 1.94. The highest BCUT2D eigenvalue weighted by Crippen LogP contribution is 2.20. The van der Waals surface area contributed by atoms with Gasteiger partial charge in [0.1, 0.15) is 5.76 Å². The van der Waals surface area contributed by atoms with Crippen LogP contribution in [-0.4, -0.2) is 7.05 Å². The van der Waals surface area contributed by atoms with E-state index in [0.717, 1.165) is 12.2 Å². The summed E-state index contributed by atoms with van der Waals surface area (Å²) in [4.78, 5) is 0. The highest BCUT2D eigenvalue weighted by molar-refractivity contribution is 5.22. The maximum Gasteiger partial charge on any atom is 0.105 e. The number of rotatable bonds is 3. The lowest BCUT2D eigenvalue weighted by Crippen LogP contribution is -2.15. The average Bonchev–Trinajstić information content (AvgIpc) is 2.54. The van der Waals surface area contributed by atoms with Crippen molar-refractivity contribution < 1.29 is 4.42 Å². The molecule has 1 atom stereocenters. The standard InChI is InChI=1S/C11H15NO/c1-4-5-6-11(12-3)10-7-8-13-9(10)2/h7-8,11-12H,6H2,1-3H3. The van der Waals surface area contributed by atoms with Crippen molar-refractivity contribution in [3.63, 3.8) is 0 Å². The van der Waals surface area contributed by atoms with Crippen molar-refractivity contribution in [3.8, 4) is 11.8 Å². The third-order valence-corrected chi connectivity index (χ3v) is 2.11. The Morgan fingerprint density at radius 3 is 2.85 bits per heavy atom. The molecule has 0 saturated heterocycles. The van der Waals surface area contributed by atoms with E-state index >= 15 is 0 Å². The Labute approximate surface area is 79.3 Å². The van der Waals surface area contributed by atoms with Crippen molar-refractivity contribution in [2.45, 2.75) is 26.3 Å². The maximum absolute atomic E-state index is 5.24. The SMILES string of the molecule is CC#CCC(NC)c1ccoc1C. The first-order chi connectivity index (χ1) is 6.29. The Hall–Kier alpha value is -1.20. The molecule has 0 aromatic carbocycles. The highest BCUT2D eigenvalue weighted by Gasteiger charge is 2.11. The van der Waals surface area contributed by atoms with E-state index < -0.39 is 0 Å². The average molecular weight is 177 g/mol. The second-order valence-electron chi connectivity index (χ2n) is 2.90. The molecule has 1 N–H and O–H groups in total. The first-order valence-electron chi connectivity index (χ1n) is 4.40. The molecule has 0 aliphatic rings. The summed E-state index contributed by atoms with van der Waals surface area (Å²) in [6.07, 6.45) is 2.54. The monoisotopic (exact) mass is 177 g/mol. The van der Waals surface area contributed by atoms with E-state index in [0.29, 0.717) is 0 Å². The lowest BCUT2D eigenvalue weighted by molar-refractivity contribution is 0.515. The van der Waals surface area contributed by atoms with E-state index in [-0.39, 0.29) is 6.04 Å². The molecule has 0 radical (unpaired) electrons. The molecule has 0 aliphatic heterocycles. The van der Waals surface area contributed by atoms with Gasteiger partial charge < -0.3 is 9.73 Å². The van der Waals surface area contributed by atoms with Gasteiger partial charge in [0.2, 0.25) is 0 Å². The molecule has 0 saturated carbocycles. The van der Waals surface area contributed by atoms with Crippen LogP contribution in [0.2, 0.25) is 0 Å². The summed E-state index contributed by atoms with van der Waals surface area (Å²) in [6, 6.07) is 2.28. The van der Waals surface area contributed by atoms with Gasteiger partial charge in [-0.1, -0.05) is 0 Å². The van der Waals surface area contributed by atoms with Gasteiger partial charge in [0.15, 0.2) is 0 Å². The van der Waals surface area contributed by atoms with Gasteiger partial charge in [-0.3, -0.25) is 0 Å². The van der Waals surface area contributed by atoms with Crippen molar-refractivity contribution >= 4 is 0 Å². The number of hydrogen-bond acceptors (Lipinski definition) is 2. The Kier molecular flexibility index (Phi) is 3.60. The molecule has 2 nitrogen and oxygen atoms in total. The van der Waals surface area contributed by atoms with Gasteiger partial charge in [0.05, 0.1) is 6.26 Å². The topological polar surface area (TPSA) is 25.2 Å². The Balaban J connectivity index is 2.76. The summed E-state index contributed by atoms with van der Waals surface area (Å²) < 4.78 is 5.24. The summed E-state index contributed by atoms with van der Waals surface area (Å²) in [5.74, 6) is 6.92. The molecule has 1 unspecified atom stereocenters. The zero-order valence-corrected chi connectivity index (χ0v) is 8.35. The van der Waals surface area contributed by atoms with Gasteiger partial charge >= 0.3 is 0 Å². The van der Waals surface area contributed by atoms with Crippen LogP contribution in [0.4, 0.5) is 0 Å². The van der Waals surface area contributed by atoms with Gasteiger partial charge in [0, 0.05) is 18.0 Å². The summed E-state index contributed by atoms with van der Waals surface area (Å²) >= 11 is 0. The molecule has 0 bridgehead atoms. The molecule has 0 fully saturated rings. The Morgan fingerprint density at radius 2 is 2.38 bits per heavy atom. The second kappa shape index (κ2) is 4.74. The van der Waals surface area contributed by atoms with Crippen LogP contribution >= 0.6 is 0 Å². The number of hydrogen-bond donors (Lipinski definition) is 1. The van der Waals surface area contributed by atoms with Gasteiger partial charge in [0.25, 0.3) is 0 Å². The minimum Gasteiger partial charge on any atom is -0.469 e. The molecule has 2 heteroatoms. The predicted octanol–water partition coefficient (Wildman–Crippen LogP) is 2.26. The summed E-state index contributed by atoms with van der Waals surface area (Å²) in [5, 5.41) is 3.22. The van der Waals surface area contributed by atoms with E-state index in [1.54, 1.807) is 6.26 Å². The van der Waals surface area contributed by atoms with Gasteiger partial charge in [-0.05, 0) is 27.0 Å². The van der Waals surface area contributed by atoms with Crippen LogP contribution in [0.1, 0.15) is 30.7 Å². The number of furan rings is 1. The van der Waals surface area contributed by atoms with Crippen molar-refractivity contribution in [2.75, 3.05) is 7.05 Å². The van der Waals surface area contributed by atoms with Gasteiger partial charge in [-0.15, -0.1) is 11.8 Å². The third kappa shape index (κ3) is 2.37. The molecule has 1 rings (SSSR count). The fourth-order valence-electron chi connectivity index (χ4n) is 1.33. The van der Waals surface area contributed by atoms with Gasteiger partial charge in [-0.25, -0.2) is 0 Å². The van der Waals surface area contributed by atoms with E-state index in [4.69, 9.17) is 4.42 Å². The smallest absolute Gasteiger partial charge is 0.105 e. The lowest BCUT2D eigenvalue weighted by Gasteiger charge is -2.11. The van der Waals surface area contributed by atoms with Crippen LogP contribution in [0.15, 0.2) is 16.7 Å². The van der Waals surface area contributed by atoms with E-state index in [1.807, 2.05) is 27.0 Å². The fraction of sp³-hybridized carbons (Fsp3) is 0.455. The normalized spacial score (nSPS) is 11.9. The van der Waals surface area contributed by atoms with Crippen LogP contribution < -0.4 is 5.32 Å². The van der Waals surface area contributed by atoms with Crippen molar-refractivity contribution in [3.05, 3.63) is 23.7 Å². The molecule has 1 aromatic rings. The Bertz CT molecular complexity index is 316. The zero-order valence-electron chi connectivity index (χ0n) is 8.35.